The standard InChI is InChI=1S/C16H21NO/c1-9-4-10(2)15(11(3)5-9)17-16(18)14-7-12-6-13(12)8-14/h4-5,12-14H,6-8H2,1-3H3,(H,17,18). The van der Waals surface area contributed by atoms with Gasteiger partial charge in [-0.25, -0.2) is 0 Å². The highest BCUT2D eigenvalue weighted by molar-refractivity contribution is 5.94. The second kappa shape index (κ2) is 4.11. The molecule has 96 valence electrons. The van der Waals surface area contributed by atoms with Gasteiger partial charge in [0.15, 0.2) is 0 Å². The number of aryl methyl sites for hydroxylation is 3. The van der Waals surface area contributed by atoms with E-state index in [4.69, 9.17) is 0 Å². The van der Waals surface area contributed by atoms with Crippen molar-refractivity contribution in [2.24, 2.45) is 17.8 Å². The Morgan fingerprint density at radius 2 is 1.61 bits per heavy atom. The smallest absolute Gasteiger partial charge is 0.227 e. The van der Waals surface area contributed by atoms with Crippen LogP contribution >= 0.6 is 0 Å². The molecule has 0 heterocycles. The second-order valence-corrected chi connectivity index (χ2v) is 6.19. The number of carbonyl (C=O) groups is 1. The zero-order chi connectivity index (χ0) is 12.9. The third kappa shape index (κ3) is 2.05. The molecular formula is C16H21NO. The van der Waals surface area contributed by atoms with Crippen molar-refractivity contribution in [2.75, 3.05) is 5.32 Å². The number of hydrogen-bond donors (Lipinski definition) is 1. The quantitative estimate of drug-likeness (QED) is 0.845. The van der Waals surface area contributed by atoms with Gasteiger partial charge in [0.25, 0.3) is 0 Å². The van der Waals surface area contributed by atoms with E-state index >= 15 is 0 Å². The van der Waals surface area contributed by atoms with Crippen molar-refractivity contribution >= 4 is 11.6 Å². The SMILES string of the molecule is Cc1cc(C)c(NC(=O)C2CC3CC3C2)c(C)c1. The van der Waals surface area contributed by atoms with E-state index in [2.05, 4.69) is 38.2 Å². The summed E-state index contributed by atoms with van der Waals surface area (Å²) in [6, 6.07) is 4.27. The predicted molar refractivity (Wildman–Crippen MR) is 73.6 cm³/mol. The number of rotatable bonds is 2. The van der Waals surface area contributed by atoms with Crippen LogP contribution in [-0.4, -0.2) is 5.91 Å². The number of fused-ring (bicyclic) bond motifs is 1. The topological polar surface area (TPSA) is 29.1 Å². The van der Waals surface area contributed by atoms with Crippen molar-refractivity contribution in [3.63, 3.8) is 0 Å². The summed E-state index contributed by atoms with van der Waals surface area (Å²) in [5.74, 6) is 2.22. The van der Waals surface area contributed by atoms with Crippen molar-refractivity contribution in [1.82, 2.24) is 0 Å². The molecule has 2 heteroatoms. The van der Waals surface area contributed by atoms with Crippen LogP contribution in [0.1, 0.15) is 36.0 Å². The number of anilines is 1. The highest BCUT2D eigenvalue weighted by atomic mass is 16.1. The first-order valence-electron chi connectivity index (χ1n) is 6.93. The lowest BCUT2D eigenvalue weighted by molar-refractivity contribution is -0.120. The van der Waals surface area contributed by atoms with E-state index in [-0.39, 0.29) is 11.8 Å². The maximum atomic E-state index is 12.3. The lowest BCUT2D eigenvalue weighted by Gasteiger charge is -2.16. The van der Waals surface area contributed by atoms with Gasteiger partial charge in [-0.1, -0.05) is 17.7 Å². The van der Waals surface area contributed by atoms with E-state index in [0.717, 1.165) is 30.4 Å². The predicted octanol–water partition coefficient (Wildman–Crippen LogP) is 3.60. The number of hydrogen-bond acceptors (Lipinski definition) is 1. The average molecular weight is 243 g/mol. The Morgan fingerprint density at radius 3 is 2.17 bits per heavy atom. The molecule has 2 unspecified atom stereocenters. The molecule has 1 N–H and O–H groups in total. The van der Waals surface area contributed by atoms with E-state index in [1.807, 2.05) is 0 Å². The van der Waals surface area contributed by atoms with Gasteiger partial charge >= 0.3 is 0 Å². The molecule has 0 bridgehead atoms. The van der Waals surface area contributed by atoms with Crippen LogP contribution in [-0.2, 0) is 4.79 Å². The molecule has 3 rings (SSSR count). The van der Waals surface area contributed by atoms with Gasteiger partial charge < -0.3 is 5.32 Å². The van der Waals surface area contributed by atoms with E-state index in [1.54, 1.807) is 0 Å². The highest BCUT2D eigenvalue weighted by Crippen LogP contribution is 2.54. The molecule has 0 saturated heterocycles. The molecule has 0 radical (unpaired) electrons. The minimum Gasteiger partial charge on any atom is -0.325 e. The normalized spacial score (nSPS) is 28.9. The van der Waals surface area contributed by atoms with Crippen LogP contribution in [0.2, 0.25) is 0 Å². The molecule has 2 aliphatic carbocycles. The summed E-state index contributed by atoms with van der Waals surface area (Å²) in [6.45, 7) is 6.24. The minimum atomic E-state index is 0.234. The molecule has 2 fully saturated rings. The van der Waals surface area contributed by atoms with Crippen molar-refractivity contribution < 1.29 is 4.79 Å². The molecule has 2 saturated carbocycles. The van der Waals surface area contributed by atoms with Crippen LogP contribution in [0.25, 0.3) is 0 Å². The Bertz CT molecular complexity index is 473. The van der Waals surface area contributed by atoms with E-state index in [9.17, 15) is 4.79 Å². The monoisotopic (exact) mass is 243 g/mol. The van der Waals surface area contributed by atoms with Crippen LogP contribution in [0.4, 0.5) is 5.69 Å². The summed E-state index contributed by atoms with van der Waals surface area (Å²) in [7, 11) is 0. The van der Waals surface area contributed by atoms with Crippen molar-refractivity contribution in [2.45, 2.75) is 40.0 Å². The molecule has 1 aromatic carbocycles. The van der Waals surface area contributed by atoms with Crippen molar-refractivity contribution in [3.8, 4) is 0 Å². The van der Waals surface area contributed by atoms with Gasteiger partial charge in [-0.05, 0) is 63.0 Å². The van der Waals surface area contributed by atoms with Gasteiger partial charge in [0.1, 0.15) is 0 Å². The average Bonchev–Trinajstić information content (AvgIpc) is 2.90. The first kappa shape index (κ1) is 11.8. The summed E-state index contributed by atoms with van der Waals surface area (Å²) in [4.78, 5) is 12.3. The summed E-state index contributed by atoms with van der Waals surface area (Å²) in [5.41, 5.74) is 4.62. The van der Waals surface area contributed by atoms with Crippen LogP contribution < -0.4 is 5.32 Å². The largest absolute Gasteiger partial charge is 0.325 e. The van der Waals surface area contributed by atoms with Gasteiger partial charge in [-0.15, -0.1) is 0 Å². The lowest BCUT2D eigenvalue weighted by atomic mass is 10.0. The minimum absolute atomic E-state index is 0.234. The number of benzene rings is 1. The molecule has 2 nitrogen and oxygen atoms in total. The molecule has 0 aliphatic heterocycles. The van der Waals surface area contributed by atoms with E-state index in [0.29, 0.717) is 0 Å². The zero-order valence-corrected chi connectivity index (χ0v) is 11.4. The fourth-order valence-corrected chi connectivity index (χ4v) is 3.53. The number of nitrogens with one attached hydrogen (secondary N) is 1. The second-order valence-electron chi connectivity index (χ2n) is 6.19. The lowest BCUT2D eigenvalue weighted by Crippen LogP contribution is -2.22. The van der Waals surface area contributed by atoms with Gasteiger partial charge in [0, 0.05) is 11.6 Å². The first-order chi connectivity index (χ1) is 8.54. The molecule has 2 atom stereocenters. The van der Waals surface area contributed by atoms with Crippen molar-refractivity contribution in [3.05, 3.63) is 28.8 Å². The summed E-state index contributed by atoms with van der Waals surface area (Å²) >= 11 is 0. The van der Waals surface area contributed by atoms with Gasteiger partial charge in [-0.2, -0.15) is 0 Å². The van der Waals surface area contributed by atoms with Crippen LogP contribution in [0.5, 0.6) is 0 Å². The molecule has 18 heavy (non-hydrogen) atoms. The molecule has 1 aromatic rings. The number of amides is 1. The van der Waals surface area contributed by atoms with Crippen LogP contribution in [0, 0.1) is 38.5 Å². The number of carbonyl (C=O) groups excluding carboxylic acids is 1. The zero-order valence-electron chi connectivity index (χ0n) is 11.4. The van der Waals surface area contributed by atoms with Gasteiger partial charge in [0.2, 0.25) is 5.91 Å². The van der Waals surface area contributed by atoms with Crippen LogP contribution in [0.15, 0.2) is 12.1 Å². The molecular weight excluding hydrogens is 222 g/mol. The van der Waals surface area contributed by atoms with E-state index < -0.39 is 0 Å². The van der Waals surface area contributed by atoms with Gasteiger partial charge in [0.05, 0.1) is 0 Å². The fourth-order valence-electron chi connectivity index (χ4n) is 3.53. The Morgan fingerprint density at radius 1 is 1.06 bits per heavy atom. The summed E-state index contributed by atoms with van der Waals surface area (Å²) < 4.78 is 0. The highest BCUT2D eigenvalue weighted by Gasteiger charge is 2.48. The summed E-state index contributed by atoms with van der Waals surface area (Å²) in [6.07, 6.45) is 3.59. The Labute approximate surface area is 109 Å². The van der Waals surface area contributed by atoms with Gasteiger partial charge in [-0.3, -0.25) is 4.79 Å². The maximum Gasteiger partial charge on any atom is 0.227 e. The summed E-state index contributed by atoms with van der Waals surface area (Å²) in [5, 5.41) is 3.15. The third-order valence-corrected chi connectivity index (χ3v) is 4.54. The third-order valence-electron chi connectivity index (χ3n) is 4.54. The first-order valence-corrected chi connectivity index (χ1v) is 6.93. The Kier molecular flexibility index (Phi) is 2.69. The van der Waals surface area contributed by atoms with Crippen LogP contribution in [0.3, 0.4) is 0 Å². The fraction of sp³-hybridized carbons (Fsp3) is 0.562. The van der Waals surface area contributed by atoms with E-state index in [1.165, 1.54) is 23.1 Å². The Hall–Kier alpha value is -1.31. The maximum absolute atomic E-state index is 12.3. The molecule has 0 spiro atoms. The molecule has 1 amide bonds. The van der Waals surface area contributed by atoms with Crippen molar-refractivity contribution in [1.29, 1.82) is 0 Å². The molecule has 2 aliphatic rings. The Balaban J connectivity index is 1.74. The molecule has 0 aromatic heterocycles.